The van der Waals surface area contributed by atoms with E-state index >= 15 is 0 Å². The Kier molecular flexibility index (Phi) is 1.95. The van der Waals surface area contributed by atoms with Crippen LogP contribution in [0.1, 0.15) is 18.9 Å². The van der Waals surface area contributed by atoms with E-state index in [0.29, 0.717) is 5.65 Å². The lowest BCUT2D eigenvalue weighted by Gasteiger charge is -1.99. The predicted molar refractivity (Wildman–Crippen MR) is 52.0 cm³/mol. The normalized spacial score (nSPS) is 10.9. The summed E-state index contributed by atoms with van der Waals surface area (Å²) in [7, 11) is 0. The van der Waals surface area contributed by atoms with E-state index in [9.17, 15) is 4.79 Å². The summed E-state index contributed by atoms with van der Waals surface area (Å²) < 4.78 is 1.28. The molecule has 0 saturated carbocycles. The van der Waals surface area contributed by atoms with Gasteiger partial charge in [0, 0.05) is 11.8 Å². The van der Waals surface area contributed by atoms with Crippen LogP contribution in [0.2, 0.25) is 0 Å². The van der Waals surface area contributed by atoms with Gasteiger partial charge in [0.05, 0.1) is 0 Å². The first kappa shape index (κ1) is 8.74. The molecule has 0 amide bonds. The lowest BCUT2D eigenvalue weighted by molar-refractivity contribution is 0.889. The summed E-state index contributed by atoms with van der Waals surface area (Å²) in [5, 5.41) is 7.54. The van der Waals surface area contributed by atoms with Crippen molar-refractivity contribution in [1.29, 1.82) is 0 Å². The van der Waals surface area contributed by atoms with Crippen LogP contribution in [-0.2, 0) is 6.42 Å². The number of nitrogens with two attached hydrogens (primary N) is 1. The number of hydrogen-bond donors (Lipinski definition) is 2. The number of aromatic amines is 1. The van der Waals surface area contributed by atoms with Crippen molar-refractivity contribution < 1.29 is 0 Å². The number of H-pyrrole nitrogens is 1. The second-order valence-corrected chi connectivity index (χ2v) is 3.09. The molecule has 0 saturated heterocycles. The van der Waals surface area contributed by atoms with Gasteiger partial charge in [-0.3, -0.25) is 0 Å². The molecule has 0 bridgehead atoms. The lowest BCUT2D eigenvalue weighted by Crippen LogP contribution is -2.18. The second-order valence-electron chi connectivity index (χ2n) is 3.09. The molecule has 0 spiro atoms. The van der Waals surface area contributed by atoms with E-state index in [1.165, 1.54) is 4.40 Å². The van der Waals surface area contributed by atoms with Gasteiger partial charge in [0.15, 0.2) is 5.65 Å². The Bertz CT molecular complexity index is 512. The van der Waals surface area contributed by atoms with E-state index in [1.54, 1.807) is 6.20 Å². The molecule has 3 N–H and O–H groups in total. The quantitative estimate of drug-likeness (QED) is 0.699. The molecule has 6 heteroatoms. The molecule has 74 valence electrons. The minimum Gasteiger partial charge on any atom is -0.367 e. The van der Waals surface area contributed by atoms with Crippen LogP contribution in [0, 0.1) is 0 Å². The molecule has 2 heterocycles. The van der Waals surface area contributed by atoms with Crippen LogP contribution in [0.15, 0.2) is 11.0 Å². The summed E-state index contributed by atoms with van der Waals surface area (Å²) in [5.41, 5.74) is 6.71. The van der Waals surface area contributed by atoms with E-state index < -0.39 is 0 Å². The van der Waals surface area contributed by atoms with Crippen LogP contribution in [0.5, 0.6) is 0 Å². The summed E-state index contributed by atoms with van der Waals surface area (Å²) in [6.07, 6.45) is 3.49. The maximum atomic E-state index is 11.4. The van der Waals surface area contributed by atoms with Crippen molar-refractivity contribution in [2.45, 2.75) is 19.8 Å². The van der Waals surface area contributed by atoms with Crippen LogP contribution in [0.25, 0.3) is 5.65 Å². The fraction of sp³-hybridized carbons (Fsp3) is 0.375. The molecule has 0 aliphatic heterocycles. The molecule has 0 aliphatic carbocycles. The fourth-order valence-electron chi connectivity index (χ4n) is 1.44. The van der Waals surface area contributed by atoms with Crippen LogP contribution in [-0.4, -0.2) is 19.6 Å². The number of hydrogen-bond acceptors (Lipinski definition) is 4. The van der Waals surface area contributed by atoms with Gasteiger partial charge in [0.25, 0.3) is 0 Å². The topological polar surface area (TPSA) is 89.1 Å². The van der Waals surface area contributed by atoms with E-state index in [0.717, 1.165) is 18.4 Å². The Labute approximate surface area is 79.8 Å². The molecule has 0 fully saturated rings. The van der Waals surface area contributed by atoms with Crippen molar-refractivity contribution in [3.8, 4) is 0 Å². The highest BCUT2D eigenvalue weighted by molar-refractivity contribution is 5.49. The van der Waals surface area contributed by atoms with Crippen molar-refractivity contribution in [2.75, 3.05) is 5.73 Å². The number of nitrogens with zero attached hydrogens (tertiary/aromatic N) is 3. The number of rotatable bonds is 2. The Hall–Kier alpha value is -1.85. The van der Waals surface area contributed by atoms with Gasteiger partial charge in [0.1, 0.15) is 0 Å². The third kappa shape index (κ3) is 1.15. The highest BCUT2D eigenvalue weighted by atomic mass is 16.1. The number of fused-ring (bicyclic) bond motifs is 1. The zero-order valence-electron chi connectivity index (χ0n) is 7.82. The maximum absolute atomic E-state index is 11.4. The monoisotopic (exact) mass is 193 g/mol. The highest BCUT2D eigenvalue weighted by Gasteiger charge is 2.08. The zero-order chi connectivity index (χ0) is 10.1. The molecule has 14 heavy (non-hydrogen) atoms. The molecular formula is C8H11N5O. The van der Waals surface area contributed by atoms with Gasteiger partial charge < -0.3 is 10.7 Å². The average molecular weight is 193 g/mol. The molecule has 0 atom stereocenters. The van der Waals surface area contributed by atoms with Crippen molar-refractivity contribution >= 4 is 11.6 Å². The number of nitrogen functional groups attached to an aromatic ring is 1. The van der Waals surface area contributed by atoms with Crippen LogP contribution < -0.4 is 11.4 Å². The first-order valence-electron chi connectivity index (χ1n) is 4.45. The lowest BCUT2D eigenvalue weighted by atomic mass is 10.2. The Morgan fingerprint density at radius 3 is 3.07 bits per heavy atom. The Morgan fingerprint density at radius 2 is 2.36 bits per heavy atom. The minimum atomic E-state index is -0.303. The molecule has 6 nitrogen and oxygen atoms in total. The first-order chi connectivity index (χ1) is 6.74. The molecular weight excluding hydrogens is 182 g/mol. The van der Waals surface area contributed by atoms with Crippen molar-refractivity contribution in [1.82, 2.24) is 19.6 Å². The molecule has 0 radical (unpaired) electrons. The minimum absolute atomic E-state index is 0.124. The average Bonchev–Trinajstić information content (AvgIpc) is 2.54. The molecule has 0 aromatic carbocycles. The third-order valence-electron chi connectivity index (χ3n) is 2.07. The van der Waals surface area contributed by atoms with E-state index in [2.05, 4.69) is 22.1 Å². The molecule has 0 aliphatic rings. The van der Waals surface area contributed by atoms with Crippen molar-refractivity contribution in [3.05, 3.63) is 22.2 Å². The van der Waals surface area contributed by atoms with Crippen LogP contribution in [0.3, 0.4) is 0 Å². The first-order valence-corrected chi connectivity index (χ1v) is 4.45. The smallest absolute Gasteiger partial charge is 0.334 e. The second kappa shape index (κ2) is 3.13. The van der Waals surface area contributed by atoms with Crippen molar-refractivity contribution in [2.24, 2.45) is 0 Å². The number of nitrogens with one attached hydrogen (secondary N) is 1. The fourth-order valence-corrected chi connectivity index (χ4v) is 1.44. The highest BCUT2D eigenvalue weighted by Crippen LogP contribution is 2.08. The van der Waals surface area contributed by atoms with Crippen LogP contribution >= 0.6 is 0 Å². The van der Waals surface area contributed by atoms with Gasteiger partial charge in [-0.05, 0) is 6.42 Å². The van der Waals surface area contributed by atoms with Gasteiger partial charge in [-0.15, -0.1) is 10.2 Å². The van der Waals surface area contributed by atoms with Gasteiger partial charge >= 0.3 is 5.69 Å². The summed E-state index contributed by atoms with van der Waals surface area (Å²) in [5.74, 6) is 0.124. The molecule has 2 rings (SSSR count). The van der Waals surface area contributed by atoms with Gasteiger partial charge in [-0.25, -0.2) is 9.20 Å². The number of aromatic nitrogens is 4. The Morgan fingerprint density at radius 1 is 1.57 bits per heavy atom. The Balaban J connectivity index is 2.77. The standard InChI is InChI=1S/C8H11N5O/c1-2-3-5-4-10-8(14)13-6(5)11-12-7(13)9/h4H,2-3H2,1H3,(H2,9,12)(H,10,14). The predicted octanol–water partition coefficient (Wildman–Crippen LogP) is -0.0477. The number of anilines is 1. The zero-order valence-corrected chi connectivity index (χ0v) is 7.82. The van der Waals surface area contributed by atoms with E-state index in [1.807, 2.05) is 0 Å². The molecule has 2 aromatic rings. The number of aryl methyl sites for hydroxylation is 1. The SMILES string of the molecule is CCCc1c[nH]c(=O)n2c(N)nnc12. The van der Waals surface area contributed by atoms with E-state index in [-0.39, 0.29) is 11.6 Å². The van der Waals surface area contributed by atoms with Crippen LogP contribution in [0.4, 0.5) is 5.95 Å². The summed E-state index contributed by atoms with van der Waals surface area (Å²) in [6.45, 7) is 2.06. The third-order valence-corrected chi connectivity index (χ3v) is 2.07. The van der Waals surface area contributed by atoms with Gasteiger partial charge in [0.2, 0.25) is 5.95 Å². The maximum Gasteiger partial charge on any atom is 0.334 e. The largest absolute Gasteiger partial charge is 0.367 e. The van der Waals surface area contributed by atoms with E-state index in [4.69, 9.17) is 5.73 Å². The molecule has 0 unspecified atom stereocenters. The van der Waals surface area contributed by atoms with Gasteiger partial charge in [-0.2, -0.15) is 0 Å². The summed E-state index contributed by atoms with van der Waals surface area (Å²) in [6, 6.07) is 0. The summed E-state index contributed by atoms with van der Waals surface area (Å²) >= 11 is 0. The van der Waals surface area contributed by atoms with Crippen molar-refractivity contribution in [3.63, 3.8) is 0 Å². The molecule has 2 aromatic heterocycles. The van der Waals surface area contributed by atoms with Gasteiger partial charge in [-0.1, -0.05) is 13.3 Å². The summed E-state index contributed by atoms with van der Waals surface area (Å²) in [4.78, 5) is 14.0.